The van der Waals surface area contributed by atoms with Crippen molar-refractivity contribution in [3.05, 3.63) is 82.4 Å². The predicted molar refractivity (Wildman–Crippen MR) is 162 cm³/mol. The van der Waals surface area contributed by atoms with Gasteiger partial charge >= 0.3 is 12.1 Å². The highest BCUT2D eigenvalue weighted by Crippen LogP contribution is 2.38. The maximum atomic E-state index is 14.0. The minimum absolute atomic E-state index is 0. The fourth-order valence-electron chi connectivity index (χ4n) is 6.41. The molecule has 0 saturated carbocycles. The van der Waals surface area contributed by atoms with Crippen LogP contribution in [0.5, 0.6) is 0 Å². The smallest absolute Gasteiger partial charge is 0.452 e. The van der Waals surface area contributed by atoms with Crippen LogP contribution in [0.25, 0.3) is 5.65 Å². The lowest BCUT2D eigenvalue weighted by atomic mass is 9.85. The maximum Gasteiger partial charge on any atom is 0.452 e. The first-order valence-corrected chi connectivity index (χ1v) is 15.7. The number of halogens is 3. The topological polar surface area (TPSA) is 121 Å². The first kappa shape index (κ1) is 32.4. The number of sulfonamides is 1. The molecule has 6 rings (SSSR count). The molecule has 2 atom stereocenters. The Labute approximate surface area is 259 Å². The summed E-state index contributed by atoms with van der Waals surface area (Å²) in [5.41, 5.74) is 2.99. The number of carboxylic acids is 1. The summed E-state index contributed by atoms with van der Waals surface area (Å²) in [6, 6.07) is 10.0. The SMILES string of the molecule is C.Cc1ccc([C@H](CC(=O)O)c2ccn3c(C(F)(F)F)nnc3c2C)cc1CN1C[C@@H]2CCCCN2c2ncccc2S1(=O)=O. The zero-order valence-electron chi connectivity index (χ0n) is 24.1. The highest BCUT2D eigenvalue weighted by atomic mass is 32.2. The van der Waals surface area contributed by atoms with Crippen molar-refractivity contribution in [2.45, 2.75) is 76.5 Å². The normalized spacial score (nSPS) is 18.9. The number of carbonyl (C=O) groups is 1. The van der Waals surface area contributed by atoms with E-state index in [1.165, 1.54) is 16.6 Å². The van der Waals surface area contributed by atoms with Crippen LogP contribution in [-0.2, 0) is 27.5 Å². The molecule has 1 aromatic carbocycles. The lowest BCUT2D eigenvalue weighted by molar-refractivity contribution is -0.145. The van der Waals surface area contributed by atoms with E-state index in [2.05, 4.69) is 20.1 Å². The molecule has 0 amide bonds. The van der Waals surface area contributed by atoms with Gasteiger partial charge in [0.05, 0.1) is 6.42 Å². The van der Waals surface area contributed by atoms with Gasteiger partial charge in [0.15, 0.2) is 5.65 Å². The van der Waals surface area contributed by atoms with Gasteiger partial charge in [0.25, 0.3) is 0 Å². The summed E-state index contributed by atoms with van der Waals surface area (Å²) in [6.07, 6.45) is 0.544. The van der Waals surface area contributed by atoms with E-state index >= 15 is 0 Å². The number of aromatic nitrogens is 4. The van der Waals surface area contributed by atoms with Crippen LogP contribution in [0.15, 0.2) is 53.7 Å². The van der Waals surface area contributed by atoms with Crippen LogP contribution in [0.1, 0.15) is 72.7 Å². The Morgan fingerprint density at radius 3 is 2.64 bits per heavy atom. The Balaban J connectivity index is 0.00000400. The molecule has 1 saturated heterocycles. The van der Waals surface area contributed by atoms with Crippen molar-refractivity contribution >= 4 is 27.5 Å². The largest absolute Gasteiger partial charge is 0.481 e. The van der Waals surface area contributed by atoms with Gasteiger partial charge in [0.1, 0.15) is 10.7 Å². The van der Waals surface area contributed by atoms with Gasteiger partial charge in [-0.3, -0.25) is 9.20 Å². The zero-order chi connectivity index (χ0) is 31.4. The quantitative estimate of drug-likeness (QED) is 0.290. The van der Waals surface area contributed by atoms with Gasteiger partial charge < -0.3 is 10.0 Å². The molecule has 2 aliphatic rings. The summed E-state index contributed by atoms with van der Waals surface area (Å²) < 4.78 is 70.7. The highest BCUT2D eigenvalue weighted by Gasteiger charge is 2.40. The lowest BCUT2D eigenvalue weighted by Gasteiger charge is -2.36. The molecule has 0 spiro atoms. The summed E-state index contributed by atoms with van der Waals surface area (Å²) in [5.74, 6) is -2.52. The molecule has 10 nitrogen and oxygen atoms in total. The van der Waals surface area contributed by atoms with Crippen LogP contribution in [-0.4, -0.2) is 62.5 Å². The standard InChI is InChI=1S/C30H31F3N6O4S.CH4/c1-18-8-9-20(24(15-26(40)41)23-10-13-39-27(19(23)2)35-36-29(39)30(31,32)33)14-21(18)16-37-17-22-6-3-4-12-38(22)28-25(44(37,42)43)7-5-11-34-28;/h5,7-11,13-14,22,24H,3-4,6,12,15-17H2,1-2H3,(H,40,41);1H4/t22-,24-;/m0./s1. The van der Waals surface area contributed by atoms with Gasteiger partial charge in [-0.1, -0.05) is 25.6 Å². The third-order valence-corrected chi connectivity index (χ3v) is 10.5. The summed E-state index contributed by atoms with van der Waals surface area (Å²) in [5, 5.41) is 16.9. The lowest BCUT2D eigenvalue weighted by Crippen LogP contribution is -2.45. The van der Waals surface area contributed by atoms with Crippen LogP contribution in [0.4, 0.5) is 19.0 Å². The highest BCUT2D eigenvalue weighted by molar-refractivity contribution is 7.89. The molecular formula is C31H35F3N6O4S. The number of alkyl halides is 3. The third kappa shape index (κ3) is 5.88. The van der Waals surface area contributed by atoms with E-state index in [9.17, 15) is 31.5 Å². The monoisotopic (exact) mass is 644 g/mol. The molecule has 14 heteroatoms. The number of aliphatic carboxylic acids is 1. The molecule has 0 radical (unpaired) electrons. The number of benzene rings is 1. The van der Waals surface area contributed by atoms with Gasteiger partial charge in [-0.25, -0.2) is 13.4 Å². The van der Waals surface area contributed by atoms with Crippen molar-refractivity contribution in [3.63, 3.8) is 0 Å². The van der Waals surface area contributed by atoms with Gasteiger partial charge in [-0.15, -0.1) is 10.2 Å². The van der Waals surface area contributed by atoms with Crippen molar-refractivity contribution in [3.8, 4) is 0 Å². The fourth-order valence-corrected chi connectivity index (χ4v) is 8.02. The number of piperidine rings is 1. The van der Waals surface area contributed by atoms with Gasteiger partial charge in [-0.2, -0.15) is 17.5 Å². The molecule has 3 aromatic heterocycles. The summed E-state index contributed by atoms with van der Waals surface area (Å²) in [4.78, 5) is 18.7. The molecule has 1 fully saturated rings. The van der Waals surface area contributed by atoms with E-state index in [1.807, 2.05) is 13.0 Å². The number of fused-ring (bicyclic) bond motifs is 4. The second-order valence-corrected chi connectivity index (χ2v) is 13.3. The molecular weight excluding hydrogens is 609 g/mol. The number of aryl methyl sites for hydroxylation is 2. The Bertz CT molecular complexity index is 1860. The molecule has 0 unspecified atom stereocenters. The Kier molecular flexibility index (Phi) is 8.66. The molecule has 0 bridgehead atoms. The van der Waals surface area contributed by atoms with Crippen LogP contribution in [0.3, 0.4) is 0 Å². The van der Waals surface area contributed by atoms with Crippen LogP contribution < -0.4 is 4.90 Å². The van der Waals surface area contributed by atoms with Crippen molar-refractivity contribution in [2.24, 2.45) is 0 Å². The van der Waals surface area contributed by atoms with E-state index in [0.29, 0.717) is 28.1 Å². The van der Waals surface area contributed by atoms with Crippen molar-refractivity contribution in [1.29, 1.82) is 0 Å². The number of rotatable bonds is 6. The van der Waals surface area contributed by atoms with Gasteiger partial charge in [-0.05, 0) is 79.1 Å². The number of hydrogen-bond acceptors (Lipinski definition) is 7. The number of pyridine rings is 2. The number of hydrogen-bond donors (Lipinski definition) is 1. The molecule has 5 heterocycles. The number of nitrogens with zero attached hydrogens (tertiary/aromatic N) is 6. The van der Waals surface area contributed by atoms with E-state index in [1.54, 1.807) is 37.4 Å². The van der Waals surface area contributed by atoms with Crippen molar-refractivity contribution in [2.75, 3.05) is 18.0 Å². The third-order valence-electron chi connectivity index (χ3n) is 8.68. The van der Waals surface area contributed by atoms with Crippen molar-refractivity contribution < 1.29 is 31.5 Å². The van der Waals surface area contributed by atoms with E-state index in [0.717, 1.165) is 35.8 Å². The minimum Gasteiger partial charge on any atom is -0.481 e. The van der Waals surface area contributed by atoms with Gasteiger partial charge in [0, 0.05) is 44.0 Å². The summed E-state index contributed by atoms with van der Waals surface area (Å²) in [7, 11) is -3.91. The van der Waals surface area contributed by atoms with E-state index in [4.69, 9.17) is 0 Å². The fraction of sp³-hybridized carbons (Fsp3) is 0.419. The molecule has 1 N–H and O–H groups in total. The summed E-state index contributed by atoms with van der Waals surface area (Å²) in [6.45, 7) is 4.53. The van der Waals surface area contributed by atoms with Gasteiger partial charge in [0.2, 0.25) is 15.8 Å². The summed E-state index contributed by atoms with van der Waals surface area (Å²) >= 11 is 0. The van der Waals surface area contributed by atoms with Crippen molar-refractivity contribution in [1.82, 2.24) is 23.9 Å². The molecule has 4 aromatic rings. The second-order valence-electron chi connectivity index (χ2n) is 11.4. The Morgan fingerprint density at radius 2 is 1.91 bits per heavy atom. The zero-order valence-corrected chi connectivity index (χ0v) is 24.9. The molecule has 0 aliphatic carbocycles. The maximum absolute atomic E-state index is 14.0. The van der Waals surface area contributed by atoms with Crippen LogP contribution in [0.2, 0.25) is 0 Å². The number of carboxylic acid groups (broad SMARTS) is 1. The Morgan fingerprint density at radius 1 is 1.13 bits per heavy atom. The molecule has 240 valence electrons. The van der Waals surface area contributed by atoms with Crippen LogP contribution in [0, 0.1) is 13.8 Å². The van der Waals surface area contributed by atoms with Crippen LogP contribution >= 0.6 is 0 Å². The predicted octanol–water partition coefficient (Wildman–Crippen LogP) is 5.57. The number of anilines is 1. The molecule has 45 heavy (non-hydrogen) atoms. The first-order chi connectivity index (χ1) is 20.9. The second kappa shape index (κ2) is 12.0. The Hall–Kier alpha value is -4.04. The first-order valence-electron chi connectivity index (χ1n) is 14.3. The minimum atomic E-state index is -4.71. The molecule has 2 aliphatic heterocycles. The average Bonchev–Trinajstić information content (AvgIpc) is 3.40. The van der Waals surface area contributed by atoms with E-state index < -0.39 is 33.9 Å². The average molecular weight is 645 g/mol. The van der Waals surface area contributed by atoms with E-state index in [-0.39, 0.29) is 43.5 Å².